The van der Waals surface area contributed by atoms with Gasteiger partial charge in [-0.2, -0.15) is 0 Å². The van der Waals surface area contributed by atoms with Crippen LogP contribution in [0.25, 0.3) is 6.08 Å². The summed E-state index contributed by atoms with van der Waals surface area (Å²) < 4.78 is 0.468. The van der Waals surface area contributed by atoms with Crippen LogP contribution in [-0.4, -0.2) is 15.3 Å². The lowest BCUT2D eigenvalue weighted by Crippen LogP contribution is -2.27. The first kappa shape index (κ1) is 18.3. The molecule has 0 aromatic heterocycles. The number of carbonyl (C=O) groups is 1. The number of thioether (sulfide) groups is 1. The summed E-state index contributed by atoms with van der Waals surface area (Å²) in [6.07, 6.45) is 1.67. The molecule has 3 aromatic rings. The molecule has 1 heterocycles. The first-order valence-corrected chi connectivity index (χ1v) is 9.82. The molecule has 4 nitrogen and oxygen atoms in total. The van der Waals surface area contributed by atoms with Gasteiger partial charge in [0.25, 0.3) is 5.91 Å². The van der Waals surface area contributed by atoms with E-state index in [0.29, 0.717) is 20.5 Å². The minimum absolute atomic E-state index is 0.129. The zero-order valence-corrected chi connectivity index (χ0v) is 16.3. The number of hydrogen-bond donors (Lipinski definition) is 2. The second-order valence-corrected chi connectivity index (χ2v) is 7.79. The number of aromatic hydroxyl groups is 1. The third-order valence-corrected chi connectivity index (χ3v) is 5.51. The first-order valence-electron chi connectivity index (χ1n) is 8.60. The van der Waals surface area contributed by atoms with Gasteiger partial charge in [-0.25, -0.2) is 0 Å². The Morgan fingerprint density at radius 3 is 2.25 bits per heavy atom. The SMILES string of the molecule is O=C1/C(=C/c2ccccc2O)SC(=S)N1c1ccc(Nc2ccccc2)cc1. The highest BCUT2D eigenvalue weighted by Gasteiger charge is 2.33. The molecule has 3 aromatic carbocycles. The molecule has 2 N–H and O–H groups in total. The number of rotatable bonds is 4. The van der Waals surface area contributed by atoms with Crippen molar-refractivity contribution in [1.29, 1.82) is 0 Å². The number of para-hydroxylation sites is 2. The fourth-order valence-corrected chi connectivity index (χ4v) is 4.11. The fraction of sp³-hybridized carbons (Fsp3) is 0. The molecule has 0 aliphatic carbocycles. The maximum Gasteiger partial charge on any atom is 0.270 e. The van der Waals surface area contributed by atoms with Gasteiger partial charge in [-0.15, -0.1) is 0 Å². The van der Waals surface area contributed by atoms with Crippen LogP contribution in [0.3, 0.4) is 0 Å². The fourth-order valence-electron chi connectivity index (χ4n) is 2.82. The summed E-state index contributed by atoms with van der Waals surface area (Å²) in [6.45, 7) is 0. The maximum atomic E-state index is 12.9. The Labute approximate surface area is 172 Å². The Bertz CT molecular complexity index is 1060. The van der Waals surface area contributed by atoms with Gasteiger partial charge in [0.1, 0.15) is 5.75 Å². The van der Waals surface area contributed by atoms with Gasteiger partial charge in [-0.05, 0) is 48.5 Å². The van der Waals surface area contributed by atoms with Crippen molar-refractivity contribution in [2.24, 2.45) is 0 Å². The predicted octanol–water partition coefficient (Wildman–Crippen LogP) is 5.54. The Balaban J connectivity index is 1.55. The molecule has 0 radical (unpaired) electrons. The third kappa shape index (κ3) is 3.78. The molecule has 0 saturated carbocycles. The molecule has 1 amide bonds. The number of phenols is 1. The van der Waals surface area contributed by atoms with E-state index in [4.69, 9.17) is 12.2 Å². The summed E-state index contributed by atoms with van der Waals surface area (Å²) >= 11 is 6.64. The minimum atomic E-state index is -0.193. The largest absolute Gasteiger partial charge is 0.507 e. The number of phenolic OH excluding ortho intramolecular Hbond substituents is 1. The van der Waals surface area contributed by atoms with Crippen molar-refractivity contribution >= 4 is 57.3 Å². The zero-order chi connectivity index (χ0) is 19.5. The molecule has 0 unspecified atom stereocenters. The summed E-state index contributed by atoms with van der Waals surface area (Å²) in [5.74, 6) is -0.0638. The number of hydrogen-bond acceptors (Lipinski definition) is 5. The molecule has 6 heteroatoms. The van der Waals surface area contributed by atoms with Gasteiger partial charge in [0.15, 0.2) is 4.32 Å². The van der Waals surface area contributed by atoms with E-state index in [2.05, 4.69) is 5.32 Å². The zero-order valence-electron chi connectivity index (χ0n) is 14.7. The molecular weight excluding hydrogens is 388 g/mol. The van der Waals surface area contributed by atoms with Crippen LogP contribution in [0.5, 0.6) is 5.75 Å². The molecule has 1 aliphatic heterocycles. The van der Waals surface area contributed by atoms with E-state index < -0.39 is 0 Å². The molecular formula is C22H16N2O2S2. The Morgan fingerprint density at radius 1 is 0.893 bits per heavy atom. The van der Waals surface area contributed by atoms with Crippen molar-refractivity contribution in [3.05, 3.63) is 89.3 Å². The van der Waals surface area contributed by atoms with Crippen molar-refractivity contribution in [1.82, 2.24) is 0 Å². The van der Waals surface area contributed by atoms with Gasteiger partial charge in [-0.3, -0.25) is 9.69 Å². The lowest BCUT2D eigenvalue weighted by atomic mass is 10.2. The van der Waals surface area contributed by atoms with E-state index in [9.17, 15) is 9.90 Å². The van der Waals surface area contributed by atoms with Crippen molar-refractivity contribution in [3.8, 4) is 5.75 Å². The number of carbonyl (C=O) groups excluding carboxylic acids is 1. The second-order valence-electron chi connectivity index (χ2n) is 6.11. The quantitative estimate of drug-likeness (QED) is 0.442. The lowest BCUT2D eigenvalue weighted by Gasteiger charge is -2.15. The van der Waals surface area contributed by atoms with Gasteiger partial charge in [0, 0.05) is 16.9 Å². The monoisotopic (exact) mass is 404 g/mol. The molecule has 1 aliphatic rings. The number of thiocarbonyl (C=S) groups is 1. The highest BCUT2D eigenvalue weighted by molar-refractivity contribution is 8.27. The van der Waals surface area contributed by atoms with Crippen LogP contribution in [0, 0.1) is 0 Å². The van der Waals surface area contributed by atoms with E-state index in [1.54, 1.807) is 24.3 Å². The second kappa shape index (κ2) is 7.88. The van der Waals surface area contributed by atoms with E-state index in [1.165, 1.54) is 16.7 Å². The Morgan fingerprint density at radius 2 is 1.54 bits per heavy atom. The van der Waals surface area contributed by atoms with Crippen molar-refractivity contribution in [2.45, 2.75) is 0 Å². The van der Waals surface area contributed by atoms with E-state index in [1.807, 2.05) is 60.7 Å². The maximum absolute atomic E-state index is 12.9. The number of nitrogens with one attached hydrogen (secondary N) is 1. The number of amides is 1. The molecule has 0 spiro atoms. The number of anilines is 3. The van der Waals surface area contributed by atoms with Gasteiger partial charge < -0.3 is 10.4 Å². The van der Waals surface area contributed by atoms with Gasteiger partial charge >= 0.3 is 0 Å². The summed E-state index contributed by atoms with van der Waals surface area (Å²) in [5.41, 5.74) is 3.21. The van der Waals surface area contributed by atoms with Crippen molar-refractivity contribution in [2.75, 3.05) is 10.2 Å². The highest BCUT2D eigenvalue weighted by atomic mass is 32.2. The molecule has 138 valence electrons. The minimum Gasteiger partial charge on any atom is -0.507 e. The van der Waals surface area contributed by atoms with Gasteiger partial charge in [0.2, 0.25) is 0 Å². The van der Waals surface area contributed by atoms with Crippen molar-refractivity contribution < 1.29 is 9.90 Å². The normalized spacial score (nSPS) is 15.3. The molecule has 1 saturated heterocycles. The number of nitrogens with zero attached hydrogens (tertiary/aromatic N) is 1. The topological polar surface area (TPSA) is 52.6 Å². The van der Waals surface area contributed by atoms with Gasteiger partial charge in [0.05, 0.1) is 10.6 Å². The summed E-state index contributed by atoms with van der Waals surface area (Å²) in [6, 6.07) is 24.3. The smallest absolute Gasteiger partial charge is 0.270 e. The van der Waals surface area contributed by atoms with E-state index >= 15 is 0 Å². The molecule has 0 atom stereocenters. The summed E-state index contributed by atoms with van der Waals surface area (Å²) in [5, 5.41) is 13.3. The molecule has 0 bridgehead atoms. The van der Waals surface area contributed by atoms with Gasteiger partial charge in [-0.1, -0.05) is 60.4 Å². The number of benzene rings is 3. The van der Waals surface area contributed by atoms with Crippen molar-refractivity contribution in [3.63, 3.8) is 0 Å². The predicted molar refractivity (Wildman–Crippen MR) is 120 cm³/mol. The molecule has 4 rings (SSSR count). The summed E-state index contributed by atoms with van der Waals surface area (Å²) in [7, 11) is 0. The van der Waals surface area contributed by atoms with E-state index in [0.717, 1.165) is 11.4 Å². The summed E-state index contributed by atoms with van der Waals surface area (Å²) in [4.78, 5) is 14.9. The lowest BCUT2D eigenvalue weighted by molar-refractivity contribution is -0.113. The third-order valence-electron chi connectivity index (χ3n) is 4.21. The van der Waals surface area contributed by atoms with Crippen LogP contribution in [0.15, 0.2) is 83.8 Å². The van der Waals surface area contributed by atoms with Crippen LogP contribution in [0.4, 0.5) is 17.1 Å². The molecule has 1 fully saturated rings. The standard InChI is InChI=1S/C22H16N2O2S2/c25-19-9-5-4-6-15(19)14-20-21(26)24(22(27)28-20)18-12-10-17(11-13-18)23-16-7-2-1-3-8-16/h1-14,23,25H/b20-14-. The van der Waals surface area contributed by atoms with Crippen LogP contribution < -0.4 is 10.2 Å². The van der Waals surface area contributed by atoms with E-state index in [-0.39, 0.29) is 11.7 Å². The Hall–Kier alpha value is -3.09. The first-order chi connectivity index (χ1) is 13.6. The Kier molecular flexibility index (Phi) is 5.14. The van der Waals surface area contributed by atoms with Crippen LogP contribution in [0.2, 0.25) is 0 Å². The average molecular weight is 405 g/mol. The van der Waals surface area contributed by atoms with Crippen LogP contribution in [0.1, 0.15) is 5.56 Å². The van der Waals surface area contributed by atoms with Crippen LogP contribution in [-0.2, 0) is 4.79 Å². The highest BCUT2D eigenvalue weighted by Crippen LogP contribution is 2.37. The average Bonchev–Trinajstić information content (AvgIpc) is 2.98. The molecule has 28 heavy (non-hydrogen) atoms. The van der Waals surface area contributed by atoms with Crippen LogP contribution >= 0.6 is 24.0 Å².